The van der Waals surface area contributed by atoms with Crippen molar-refractivity contribution in [3.8, 4) is 0 Å². The molecule has 2 N–H and O–H groups in total. The lowest BCUT2D eigenvalue weighted by Crippen LogP contribution is -2.35. The van der Waals surface area contributed by atoms with Gasteiger partial charge in [-0.05, 0) is 74.1 Å². The lowest BCUT2D eigenvalue weighted by Gasteiger charge is -2.33. The molecule has 1 atom stereocenters. The van der Waals surface area contributed by atoms with Crippen molar-refractivity contribution in [2.24, 2.45) is 23.5 Å². The van der Waals surface area contributed by atoms with Crippen LogP contribution in [-0.2, 0) is 11.3 Å². The molecule has 2 fully saturated rings. The van der Waals surface area contributed by atoms with E-state index in [9.17, 15) is 0 Å². The van der Waals surface area contributed by atoms with Crippen molar-refractivity contribution in [3.63, 3.8) is 0 Å². The highest BCUT2D eigenvalue weighted by molar-refractivity contribution is 6.30. The molecule has 134 valence electrons. The molecule has 0 aromatic heterocycles. The van der Waals surface area contributed by atoms with Crippen molar-refractivity contribution >= 4 is 11.6 Å². The van der Waals surface area contributed by atoms with Crippen LogP contribution in [0.2, 0.25) is 5.02 Å². The number of hydrogen-bond donors (Lipinski definition) is 1. The van der Waals surface area contributed by atoms with E-state index in [2.05, 4.69) is 17.0 Å². The van der Waals surface area contributed by atoms with Crippen molar-refractivity contribution < 1.29 is 4.74 Å². The van der Waals surface area contributed by atoms with Crippen LogP contribution in [0.5, 0.6) is 0 Å². The Morgan fingerprint density at radius 2 is 1.62 bits per heavy atom. The topological polar surface area (TPSA) is 38.5 Å². The molecule has 2 aliphatic rings. The van der Waals surface area contributed by atoms with Crippen molar-refractivity contribution in [2.45, 2.75) is 38.6 Å². The smallest absolute Gasteiger partial charge is 0.0507 e. The zero-order chi connectivity index (χ0) is 16.8. The lowest BCUT2D eigenvalue weighted by molar-refractivity contribution is 0.139. The van der Waals surface area contributed by atoms with Gasteiger partial charge >= 0.3 is 0 Å². The Morgan fingerprint density at radius 3 is 2.25 bits per heavy atom. The van der Waals surface area contributed by atoms with Gasteiger partial charge < -0.3 is 10.5 Å². The van der Waals surface area contributed by atoms with E-state index in [4.69, 9.17) is 22.1 Å². The van der Waals surface area contributed by atoms with Crippen molar-refractivity contribution in [2.75, 3.05) is 32.8 Å². The number of halogens is 1. The minimum absolute atomic E-state index is 0.692. The first-order valence-electron chi connectivity index (χ1n) is 9.47. The monoisotopic (exact) mass is 350 g/mol. The molecule has 1 heterocycles. The van der Waals surface area contributed by atoms with Gasteiger partial charge in [0.2, 0.25) is 0 Å². The number of nitrogens with two attached hydrogens (primary N) is 1. The van der Waals surface area contributed by atoms with Crippen LogP contribution in [0.4, 0.5) is 0 Å². The van der Waals surface area contributed by atoms with Gasteiger partial charge in [-0.2, -0.15) is 0 Å². The molecule has 3 rings (SSSR count). The van der Waals surface area contributed by atoms with Crippen LogP contribution in [0.25, 0.3) is 0 Å². The van der Waals surface area contributed by atoms with E-state index in [1.165, 1.54) is 44.2 Å². The molecular formula is C20H31ClN2O. The Hall–Kier alpha value is -0.610. The quantitative estimate of drug-likeness (QED) is 0.809. The molecule has 4 heteroatoms. The average molecular weight is 351 g/mol. The predicted octanol–water partition coefficient (Wildman–Crippen LogP) is 3.94. The Balaban J connectivity index is 1.57. The van der Waals surface area contributed by atoms with E-state index in [-0.39, 0.29) is 0 Å². The third kappa shape index (κ3) is 5.45. The third-order valence-corrected chi connectivity index (χ3v) is 5.93. The zero-order valence-corrected chi connectivity index (χ0v) is 15.4. The molecule has 0 radical (unpaired) electrons. The first-order valence-corrected chi connectivity index (χ1v) is 9.85. The van der Waals surface area contributed by atoms with Crippen molar-refractivity contribution in [1.29, 1.82) is 0 Å². The summed E-state index contributed by atoms with van der Waals surface area (Å²) in [6, 6.07) is 8.32. The molecule has 1 saturated carbocycles. The number of rotatable bonds is 7. The molecule has 1 aliphatic heterocycles. The summed E-state index contributed by atoms with van der Waals surface area (Å²) >= 11 is 6.03. The molecular weight excluding hydrogens is 320 g/mol. The molecule has 1 aliphatic carbocycles. The normalized spacial score (nSPS) is 27.7. The Morgan fingerprint density at radius 1 is 0.958 bits per heavy atom. The van der Waals surface area contributed by atoms with E-state index >= 15 is 0 Å². The van der Waals surface area contributed by atoms with Gasteiger partial charge in [-0.3, -0.25) is 4.90 Å². The Kier molecular flexibility index (Phi) is 6.96. The SMILES string of the molecule is NCC1CCC(CN(Cc2ccc(Cl)cc2)CC2CCOC2)CC1. The highest BCUT2D eigenvalue weighted by Gasteiger charge is 2.25. The molecule has 0 amide bonds. The van der Waals surface area contributed by atoms with Crippen LogP contribution in [0.15, 0.2) is 24.3 Å². The van der Waals surface area contributed by atoms with Crippen molar-refractivity contribution in [1.82, 2.24) is 4.90 Å². The fraction of sp³-hybridized carbons (Fsp3) is 0.700. The second-order valence-electron chi connectivity index (χ2n) is 7.67. The van der Waals surface area contributed by atoms with Crippen LogP contribution in [-0.4, -0.2) is 37.7 Å². The summed E-state index contributed by atoms with van der Waals surface area (Å²) in [6.45, 7) is 6.10. The van der Waals surface area contributed by atoms with Crippen LogP contribution < -0.4 is 5.73 Å². The van der Waals surface area contributed by atoms with Crippen molar-refractivity contribution in [3.05, 3.63) is 34.9 Å². The van der Waals surface area contributed by atoms with Gasteiger partial charge in [0, 0.05) is 31.3 Å². The van der Waals surface area contributed by atoms with Gasteiger partial charge in [0.15, 0.2) is 0 Å². The summed E-state index contributed by atoms with van der Waals surface area (Å²) in [5.41, 5.74) is 7.19. The summed E-state index contributed by atoms with van der Waals surface area (Å²) < 4.78 is 5.58. The van der Waals surface area contributed by atoms with Gasteiger partial charge in [-0.25, -0.2) is 0 Å². The van der Waals surface area contributed by atoms with E-state index in [0.717, 1.165) is 49.7 Å². The molecule has 1 aromatic rings. The summed E-state index contributed by atoms with van der Waals surface area (Å²) in [6.07, 6.45) is 6.49. The summed E-state index contributed by atoms with van der Waals surface area (Å²) in [5.74, 6) is 2.27. The summed E-state index contributed by atoms with van der Waals surface area (Å²) in [4.78, 5) is 2.65. The molecule has 0 bridgehead atoms. The number of ether oxygens (including phenoxy) is 1. The summed E-state index contributed by atoms with van der Waals surface area (Å²) in [7, 11) is 0. The zero-order valence-electron chi connectivity index (χ0n) is 14.6. The highest BCUT2D eigenvalue weighted by atomic mass is 35.5. The number of nitrogens with zero attached hydrogens (tertiary/aromatic N) is 1. The lowest BCUT2D eigenvalue weighted by atomic mass is 9.81. The third-order valence-electron chi connectivity index (χ3n) is 5.68. The molecule has 24 heavy (non-hydrogen) atoms. The first-order chi connectivity index (χ1) is 11.7. The maximum Gasteiger partial charge on any atom is 0.0507 e. The standard InChI is InChI=1S/C20H31ClN2O/c21-20-7-5-18(6-8-20)13-23(14-19-9-10-24-15-19)12-17-3-1-16(11-22)2-4-17/h5-8,16-17,19H,1-4,9-15,22H2. The highest BCUT2D eigenvalue weighted by Crippen LogP contribution is 2.29. The fourth-order valence-corrected chi connectivity index (χ4v) is 4.29. The second-order valence-corrected chi connectivity index (χ2v) is 8.11. The van der Waals surface area contributed by atoms with Gasteiger partial charge in [-0.1, -0.05) is 23.7 Å². The molecule has 1 unspecified atom stereocenters. The van der Waals surface area contributed by atoms with Gasteiger partial charge in [0.05, 0.1) is 6.61 Å². The number of benzene rings is 1. The summed E-state index contributed by atoms with van der Waals surface area (Å²) in [5, 5.41) is 0.814. The molecule has 3 nitrogen and oxygen atoms in total. The Labute approximate surface area is 151 Å². The van der Waals surface area contributed by atoms with Gasteiger partial charge in [-0.15, -0.1) is 0 Å². The van der Waals surface area contributed by atoms with Crippen LogP contribution in [0, 0.1) is 17.8 Å². The number of hydrogen-bond acceptors (Lipinski definition) is 3. The molecule has 0 spiro atoms. The maximum absolute atomic E-state index is 6.03. The second kappa shape index (κ2) is 9.19. The maximum atomic E-state index is 6.03. The predicted molar refractivity (Wildman–Crippen MR) is 100 cm³/mol. The largest absolute Gasteiger partial charge is 0.381 e. The van der Waals surface area contributed by atoms with E-state index in [0.29, 0.717) is 5.92 Å². The molecule has 1 aromatic carbocycles. The molecule has 1 saturated heterocycles. The van der Waals surface area contributed by atoms with E-state index < -0.39 is 0 Å². The Bertz CT molecular complexity index is 479. The minimum atomic E-state index is 0.692. The van der Waals surface area contributed by atoms with E-state index in [1.807, 2.05) is 12.1 Å². The van der Waals surface area contributed by atoms with Crippen LogP contribution >= 0.6 is 11.6 Å². The van der Waals surface area contributed by atoms with E-state index in [1.54, 1.807) is 0 Å². The van der Waals surface area contributed by atoms with Gasteiger partial charge in [0.1, 0.15) is 0 Å². The minimum Gasteiger partial charge on any atom is -0.381 e. The van der Waals surface area contributed by atoms with Crippen LogP contribution in [0.1, 0.15) is 37.7 Å². The first kappa shape index (κ1) is 18.2. The van der Waals surface area contributed by atoms with Crippen LogP contribution in [0.3, 0.4) is 0 Å². The van der Waals surface area contributed by atoms with Gasteiger partial charge in [0.25, 0.3) is 0 Å². The fourth-order valence-electron chi connectivity index (χ4n) is 4.16. The average Bonchev–Trinajstić information content (AvgIpc) is 3.10.